The van der Waals surface area contributed by atoms with E-state index in [-0.39, 0.29) is 49.7 Å². The maximum Gasteiger partial charge on any atom is 0.325 e. The molecule has 2 aromatic heterocycles. The summed E-state index contributed by atoms with van der Waals surface area (Å²) in [5.41, 5.74) is 8.90. The van der Waals surface area contributed by atoms with Crippen molar-refractivity contribution in [2.24, 2.45) is 5.73 Å². The van der Waals surface area contributed by atoms with Gasteiger partial charge in [0.1, 0.15) is 13.2 Å². The minimum atomic E-state index is -0.486. The molecule has 1 amide bonds. The maximum atomic E-state index is 13.6. The standard InChI is InChI=1S/C27H34N8O4/c1-3-4-12-35-24(26(37)32-16-19-7-8-21-22(15-19)30-10-9-29-21)25(31-17-23(36)39-14-13-38-2)33-27(35)34-11-5-6-20(28)18-34/h7-10,15,20,31H,5-6,11-14,16-18,28H2,1-2H3,(H,32,37). The molecule has 0 bridgehead atoms. The van der Waals surface area contributed by atoms with Crippen LogP contribution in [0.5, 0.6) is 0 Å². The Bertz CT molecular complexity index is 1360. The number of amides is 1. The summed E-state index contributed by atoms with van der Waals surface area (Å²) in [5.74, 6) is 5.94. The van der Waals surface area contributed by atoms with Crippen LogP contribution in [-0.2, 0) is 27.4 Å². The molecule has 3 aromatic rings. The Balaban J connectivity index is 1.61. The summed E-state index contributed by atoms with van der Waals surface area (Å²) in [6.07, 6.45) is 5.10. The molecule has 1 aliphatic heterocycles. The molecular weight excluding hydrogens is 500 g/mol. The number of methoxy groups -OCH3 is 1. The van der Waals surface area contributed by atoms with Crippen LogP contribution in [0.3, 0.4) is 0 Å². The molecule has 1 unspecified atom stereocenters. The van der Waals surface area contributed by atoms with Gasteiger partial charge in [-0.2, -0.15) is 4.98 Å². The highest BCUT2D eigenvalue weighted by molar-refractivity contribution is 5.98. The second-order valence-corrected chi connectivity index (χ2v) is 9.10. The minimum Gasteiger partial charge on any atom is -0.462 e. The van der Waals surface area contributed by atoms with Crippen LogP contribution in [0.15, 0.2) is 30.6 Å². The first kappa shape index (κ1) is 27.8. The molecule has 1 atom stereocenters. The third kappa shape index (κ3) is 7.22. The fourth-order valence-electron chi connectivity index (χ4n) is 4.37. The van der Waals surface area contributed by atoms with Crippen LogP contribution in [0.1, 0.15) is 35.8 Å². The van der Waals surface area contributed by atoms with Gasteiger partial charge in [-0.25, -0.2) is 0 Å². The number of imidazole rings is 1. The largest absolute Gasteiger partial charge is 0.462 e. The zero-order chi connectivity index (χ0) is 27.6. The number of esters is 1. The monoisotopic (exact) mass is 534 g/mol. The fraction of sp³-hybridized carbons (Fsp3) is 0.444. The molecule has 12 heteroatoms. The van der Waals surface area contributed by atoms with Gasteiger partial charge in [-0.05, 0) is 37.5 Å². The number of hydrogen-bond donors (Lipinski definition) is 3. The molecule has 1 saturated heterocycles. The quantitative estimate of drug-likeness (QED) is 0.187. The first-order valence-corrected chi connectivity index (χ1v) is 12.9. The predicted molar refractivity (Wildman–Crippen MR) is 147 cm³/mol. The van der Waals surface area contributed by atoms with Gasteiger partial charge in [-0.1, -0.05) is 12.0 Å². The summed E-state index contributed by atoms with van der Waals surface area (Å²) < 4.78 is 11.9. The average Bonchev–Trinajstić information content (AvgIpc) is 3.32. The summed E-state index contributed by atoms with van der Waals surface area (Å²) in [6, 6.07) is 5.65. The number of rotatable bonds is 11. The molecule has 1 aromatic carbocycles. The van der Waals surface area contributed by atoms with Crippen molar-refractivity contribution in [1.82, 2.24) is 24.8 Å². The number of benzene rings is 1. The molecule has 1 fully saturated rings. The van der Waals surface area contributed by atoms with Gasteiger partial charge in [0.05, 0.1) is 24.2 Å². The molecule has 206 valence electrons. The second kappa shape index (κ2) is 13.5. The van der Waals surface area contributed by atoms with Crippen molar-refractivity contribution in [3.05, 3.63) is 41.9 Å². The number of ether oxygens (including phenoxy) is 2. The Kier molecular flexibility index (Phi) is 9.66. The first-order valence-electron chi connectivity index (χ1n) is 12.9. The topological polar surface area (TPSA) is 150 Å². The highest BCUT2D eigenvalue weighted by Gasteiger charge is 2.28. The van der Waals surface area contributed by atoms with Crippen molar-refractivity contribution in [3.8, 4) is 11.8 Å². The van der Waals surface area contributed by atoms with E-state index in [4.69, 9.17) is 20.2 Å². The van der Waals surface area contributed by atoms with Crippen LogP contribution in [0.4, 0.5) is 11.8 Å². The first-order chi connectivity index (χ1) is 19.0. The van der Waals surface area contributed by atoms with Gasteiger partial charge in [0.25, 0.3) is 5.91 Å². The molecule has 0 saturated carbocycles. The van der Waals surface area contributed by atoms with E-state index in [1.807, 2.05) is 18.2 Å². The number of aromatic nitrogens is 4. The Morgan fingerprint density at radius 3 is 2.79 bits per heavy atom. The van der Waals surface area contributed by atoms with E-state index in [1.54, 1.807) is 23.9 Å². The van der Waals surface area contributed by atoms with Crippen LogP contribution in [0, 0.1) is 11.8 Å². The summed E-state index contributed by atoms with van der Waals surface area (Å²) in [5, 5.41) is 5.98. The van der Waals surface area contributed by atoms with Gasteiger partial charge >= 0.3 is 5.97 Å². The van der Waals surface area contributed by atoms with Gasteiger partial charge in [0, 0.05) is 45.2 Å². The fourth-order valence-corrected chi connectivity index (χ4v) is 4.37. The Labute approximate surface area is 227 Å². The van der Waals surface area contributed by atoms with Crippen molar-refractivity contribution in [3.63, 3.8) is 0 Å². The normalized spacial score (nSPS) is 14.9. The molecule has 3 heterocycles. The number of carbonyl (C=O) groups excluding carboxylic acids is 2. The van der Waals surface area contributed by atoms with Crippen LogP contribution >= 0.6 is 0 Å². The Hall–Kier alpha value is -4.21. The number of carbonyl (C=O) groups is 2. The summed E-state index contributed by atoms with van der Waals surface area (Å²) in [6.45, 7) is 3.88. The second-order valence-electron chi connectivity index (χ2n) is 9.10. The van der Waals surface area contributed by atoms with E-state index in [2.05, 4.69) is 37.3 Å². The van der Waals surface area contributed by atoms with Crippen molar-refractivity contribution >= 4 is 34.7 Å². The van der Waals surface area contributed by atoms with E-state index in [1.165, 1.54) is 7.11 Å². The van der Waals surface area contributed by atoms with E-state index >= 15 is 0 Å². The van der Waals surface area contributed by atoms with Crippen molar-refractivity contribution in [2.75, 3.05) is 50.2 Å². The molecule has 1 aliphatic rings. The van der Waals surface area contributed by atoms with E-state index < -0.39 is 5.97 Å². The number of nitrogens with one attached hydrogen (secondary N) is 2. The highest BCUT2D eigenvalue weighted by atomic mass is 16.6. The number of fused-ring (bicyclic) bond motifs is 1. The average molecular weight is 535 g/mol. The van der Waals surface area contributed by atoms with Crippen LogP contribution < -0.4 is 21.3 Å². The summed E-state index contributed by atoms with van der Waals surface area (Å²) in [4.78, 5) is 41.3. The summed E-state index contributed by atoms with van der Waals surface area (Å²) in [7, 11) is 1.53. The molecule has 4 rings (SSSR count). The third-order valence-corrected chi connectivity index (χ3v) is 6.25. The Morgan fingerprint density at radius 2 is 2.03 bits per heavy atom. The van der Waals surface area contributed by atoms with Crippen molar-refractivity contribution < 1.29 is 19.1 Å². The van der Waals surface area contributed by atoms with Gasteiger partial charge < -0.3 is 30.7 Å². The van der Waals surface area contributed by atoms with Gasteiger partial charge in [-0.3, -0.25) is 24.1 Å². The lowest BCUT2D eigenvalue weighted by Crippen LogP contribution is -2.44. The lowest BCUT2D eigenvalue weighted by atomic mass is 10.1. The van der Waals surface area contributed by atoms with E-state index in [0.717, 1.165) is 36.0 Å². The zero-order valence-corrected chi connectivity index (χ0v) is 22.3. The van der Waals surface area contributed by atoms with Crippen molar-refractivity contribution in [1.29, 1.82) is 0 Å². The van der Waals surface area contributed by atoms with Crippen LogP contribution in [0.25, 0.3) is 11.0 Å². The highest BCUT2D eigenvalue weighted by Crippen LogP contribution is 2.26. The van der Waals surface area contributed by atoms with Gasteiger partial charge in [0.2, 0.25) is 5.95 Å². The Morgan fingerprint density at radius 1 is 1.21 bits per heavy atom. The number of nitrogens with zero attached hydrogens (tertiary/aromatic N) is 5. The van der Waals surface area contributed by atoms with E-state index in [9.17, 15) is 9.59 Å². The molecular formula is C27H34N8O4. The van der Waals surface area contributed by atoms with Gasteiger partial charge in [0.15, 0.2) is 11.5 Å². The summed E-state index contributed by atoms with van der Waals surface area (Å²) >= 11 is 0. The number of anilines is 2. The van der Waals surface area contributed by atoms with Crippen molar-refractivity contribution in [2.45, 2.75) is 38.9 Å². The predicted octanol–water partition coefficient (Wildman–Crippen LogP) is 1.31. The lowest BCUT2D eigenvalue weighted by molar-refractivity contribution is -0.142. The number of nitrogens with two attached hydrogens (primary N) is 1. The smallest absolute Gasteiger partial charge is 0.325 e. The SMILES string of the molecule is CC#CCn1c(N2CCCC(N)C2)nc(NCC(=O)OCCOC)c1C(=O)NCc1ccc2nccnc2c1. The number of hydrogen-bond acceptors (Lipinski definition) is 10. The molecule has 0 aliphatic carbocycles. The molecule has 0 radical (unpaired) electrons. The molecule has 0 spiro atoms. The maximum absolute atomic E-state index is 13.6. The minimum absolute atomic E-state index is 0.00149. The van der Waals surface area contributed by atoms with Crippen LogP contribution in [0.2, 0.25) is 0 Å². The lowest BCUT2D eigenvalue weighted by Gasteiger charge is -2.31. The zero-order valence-electron chi connectivity index (χ0n) is 22.3. The van der Waals surface area contributed by atoms with Gasteiger partial charge in [-0.15, -0.1) is 5.92 Å². The molecule has 12 nitrogen and oxygen atoms in total. The number of piperidine rings is 1. The molecule has 39 heavy (non-hydrogen) atoms. The third-order valence-electron chi connectivity index (χ3n) is 6.25. The van der Waals surface area contributed by atoms with Crippen LogP contribution in [-0.4, -0.2) is 77.4 Å². The molecule has 4 N–H and O–H groups in total. The van der Waals surface area contributed by atoms with E-state index in [0.29, 0.717) is 19.1 Å².